The summed E-state index contributed by atoms with van der Waals surface area (Å²) in [4.78, 5) is 22.2. The number of aliphatic imine (C=N–C) groups is 2. The molecule has 1 fully saturated rings. The number of allylic oxidation sites excluding steroid dienone is 7. The second-order valence-corrected chi connectivity index (χ2v) is 10.0. The number of aromatic nitrogens is 2. The van der Waals surface area contributed by atoms with E-state index in [-0.39, 0.29) is 11.8 Å². The van der Waals surface area contributed by atoms with E-state index in [2.05, 4.69) is 39.9 Å². The SMILES string of the molecule is C#CC/C=C/C(N=CC)=N\C=C\OC.C/C=C(\C)Cc1nn(C2C=C(F)C=C(F)C2)ccc1=O.CC1CCN(C)CC1. The molecule has 0 amide bonds. The minimum atomic E-state index is -0.620. The molecule has 2 aliphatic rings. The first-order valence-electron chi connectivity index (χ1n) is 14.1. The van der Waals surface area contributed by atoms with E-state index < -0.39 is 17.7 Å². The van der Waals surface area contributed by atoms with E-state index in [1.807, 2.05) is 32.9 Å². The molecule has 1 unspecified atom stereocenters. The second kappa shape index (κ2) is 20.9. The minimum absolute atomic E-state index is 0.0470. The van der Waals surface area contributed by atoms with Gasteiger partial charge in [0.15, 0.2) is 5.84 Å². The maximum absolute atomic E-state index is 13.3. The fourth-order valence-electron chi connectivity index (χ4n) is 3.79. The number of piperidine rings is 1. The van der Waals surface area contributed by atoms with Crippen LogP contribution in [0.15, 0.2) is 87.1 Å². The molecule has 0 N–H and O–H groups in total. The zero-order valence-electron chi connectivity index (χ0n) is 25.8. The van der Waals surface area contributed by atoms with E-state index in [1.165, 1.54) is 61.4 Å². The highest BCUT2D eigenvalue weighted by molar-refractivity contribution is 5.98. The average molecular weight is 582 g/mol. The Morgan fingerprint density at radius 3 is 2.57 bits per heavy atom. The number of ether oxygens (including phenoxy) is 1. The van der Waals surface area contributed by atoms with Crippen molar-refractivity contribution in [3.8, 4) is 12.3 Å². The molecule has 0 aromatic carbocycles. The number of rotatable bonds is 7. The maximum atomic E-state index is 13.3. The third kappa shape index (κ3) is 15.2. The predicted octanol–water partition coefficient (Wildman–Crippen LogP) is 6.92. The van der Waals surface area contributed by atoms with Gasteiger partial charge in [0.05, 0.1) is 19.4 Å². The van der Waals surface area contributed by atoms with Crippen LogP contribution in [0.1, 0.15) is 65.1 Å². The average Bonchev–Trinajstić information content (AvgIpc) is 2.96. The Morgan fingerprint density at radius 1 is 1.29 bits per heavy atom. The molecule has 1 aromatic heterocycles. The predicted molar refractivity (Wildman–Crippen MR) is 170 cm³/mol. The van der Waals surface area contributed by atoms with Gasteiger partial charge in [-0.15, -0.1) is 12.3 Å². The van der Waals surface area contributed by atoms with E-state index in [4.69, 9.17) is 11.2 Å². The van der Waals surface area contributed by atoms with E-state index >= 15 is 0 Å². The third-order valence-electron chi connectivity index (χ3n) is 6.40. The van der Waals surface area contributed by atoms with Crippen LogP contribution in [0.25, 0.3) is 0 Å². The summed E-state index contributed by atoms with van der Waals surface area (Å²) in [5.41, 5.74) is 1.23. The summed E-state index contributed by atoms with van der Waals surface area (Å²) < 4.78 is 32.7. The van der Waals surface area contributed by atoms with E-state index in [1.54, 1.807) is 19.4 Å². The standard InChI is InChI=1S/C15H16F2N2O.C11H14N2O.C7H15N/c1-3-10(2)6-14-15(20)4-5-19(18-14)13-8-11(16)7-12(17)9-13;1-4-6-7-8-11(12-5-2)13-9-10-14-3;1-7-3-5-8(2)6-4-7/h3-5,7-8,13H,6,9H2,1-2H3;1,5,7-10H,6H2,2-3H3;7H,3-6H2,1-2H3/b10-3+;8-7+,10-9+,12-5?,13-11+;. The van der Waals surface area contributed by atoms with Crippen molar-refractivity contribution in [2.45, 2.75) is 65.8 Å². The number of amidine groups is 1. The highest BCUT2D eigenvalue weighted by atomic mass is 19.1. The zero-order valence-corrected chi connectivity index (χ0v) is 25.8. The normalized spacial score (nSPS) is 18.6. The number of hydrogen-bond acceptors (Lipinski definition) is 5. The molecule has 1 aliphatic carbocycles. The lowest BCUT2D eigenvalue weighted by Gasteiger charge is -2.26. The first-order chi connectivity index (χ1) is 20.1. The number of hydrogen-bond donors (Lipinski definition) is 0. The highest BCUT2D eigenvalue weighted by Gasteiger charge is 2.18. The molecule has 1 atom stereocenters. The molecule has 1 aromatic rings. The molecule has 1 aliphatic heterocycles. The summed E-state index contributed by atoms with van der Waals surface area (Å²) in [6.07, 6.45) is 22.7. The largest absolute Gasteiger partial charge is 0.503 e. The maximum Gasteiger partial charge on any atom is 0.203 e. The molecule has 3 rings (SSSR count). The fraction of sp³-hybridized carbons (Fsp3) is 0.455. The zero-order chi connectivity index (χ0) is 31.3. The molecule has 2 heterocycles. The molecule has 0 radical (unpaired) electrons. The Balaban J connectivity index is 0.000000347. The van der Waals surface area contributed by atoms with Gasteiger partial charge < -0.3 is 9.64 Å². The Morgan fingerprint density at radius 2 is 2.00 bits per heavy atom. The number of likely N-dealkylation sites (tertiary alicyclic amines) is 1. The van der Waals surface area contributed by atoms with Crippen LogP contribution in [-0.4, -0.2) is 54.0 Å². The van der Waals surface area contributed by atoms with E-state index in [0.29, 0.717) is 24.4 Å². The molecule has 0 bridgehead atoms. The van der Waals surface area contributed by atoms with Crippen LogP contribution >= 0.6 is 0 Å². The van der Waals surface area contributed by atoms with Gasteiger partial charge in [0.1, 0.15) is 23.6 Å². The Kier molecular flexibility index (Phi) is 18.0. The number of nitrogens with zero attached hydrogens (tertiary/aromatic N) is 5. The lowest BCUT2D eigenvalue weighted by Crippen LogP contribution is -2.28. The fourth-order valence-corrected chi connectivity index (χ4v) is 3.79. The van der Waals surface area contributed by atoms with Crippen LogP contribution in [0, 0.1) is 18.3 Å². The van der Waals surface area contributed by atoms with Gasteiger partial charge in [-0.05, 0) is 71.8 Å². The van der Waals surface area contributed by atoms with Crippen LogP contribution < -0.4 is 5.43 Å². The molecule has 0 spiro atoms. The van der Waals surface area contributed by atoms with Crippen LogP contribution in [0.3, 0.4) is 0 Å². The van der Waals surface area contributed by atoms with Crippen LogP contribution in [0.5, 0.6) is 0 Å². The Hall–Kier alpha value is -3.90. The minimum Gasteiger partial charge on any atom is -0.503 e. The Bertz CT molecular complexity index is 1260. The van der Waals surface area contributed by atoms with Crippen molar-refractivity contribution in [2.24, 2.45) is 15.9 Å². The van der Waals surface area contributed by atoms with Crippen molar-refractivity contribution in [3.05, 3.63) is 88.2 Å². The van der Waals surface area contributed by atoms with Crippen molar-refractivity contribution in [1.82, 2.24) is 14.7 Å². The second-order valence-electron chi connectivity index (χ2n) is 10.0. The summed E-state index contributed by atoms with van der Waals surface area (Å²) >= 11 is 0. The lowest BCUT2D eigenvalue weighted by molar-refractivity contribution is 0.230. The van der Waals surface area contributed by atoms with Gasteiger partial charge in [0, 0.05) is 43.8 Å². The molecular formula is C33H45F2N5O2. The van der Waals surface area contributed by atoms with Gasteiger partial charge in [-0.25, -0.2) is 18.8 Å². The monoisotopic (exact) mass is 581 g/mol. The first-order valence-corrected chi connectivity index (χ1v) is 14.1. The van der Waals surface area contributed by atoms with E-state index in [9.17, 15) is 13.6 Å². The van der Waals surface area contributed by atoms with Crippen LogP contribution in [0.4, 0.5) is 8.78 Å². The van der Waals surface area contributed by atoms with Gasteiger partial charge in [-0.2, -0.15) is 5.10 Å². The van der Waals surface area contributed by atoms with Gasteiger partial charge in [0.25, 0.3) is 0 Å². The van der Waals surface area contributed by atoms with Gasteiger partial charge in [-0.1, -0.05) is 24.6 Å². The summed E-state index contributed by atoms with van der Waals surface area (Å²) in [7, 11) is 3.76. The summed E-state index contributed by atoms with van der Waals surface area (Å²) in [6, 6.07) is 0.845. The summed E-state index contributed by atoms with van der Waals surface area (Å²) in [5.74, 6) is 2.92. The third-order valence-corrected chi connectivity index (χ3v) is 6.40. The van der Waals surface area contributed by atoms with Gasteiger partial charge in [0.2, 0.25) is 5.43 Å². The quantitative estimate of drug-likeness (QED) is 0.115. The van der Waals surface area contributed by atoms with Crippen molar-refractivity contribution in [3.63, 3.8) is 0 Å². The van der Waals surface area contributed by atoms with Crippen molar-refractivity contribution in [1.29, 1.82) is 0 Å². The summed E-state index contributed by atoms with van der Waals surface area (Å²) in [6.45, 7) is 10.6. The van der Waals surface area contributed by atoms with Gasteiger partial charge >= 0.3 is 0 Å². The molecular weight excluding hydrogens is 536 g/mol. The highest BCUT2D eigenvalue weighted by Crippen LogP contribution is 2.27. The molecule has 7 nitrogen and oxygen atoms in total. The molecule has 9 heteroatoms. The first kappa shape index (κ1) is 36.1. The topological polar surface area (TPSA) is 72.1 Å². The number of terminal acetylenes is 1. The van der Waals surface area contributed by atoms with Crippen molar-refractivity contribution < 1.29 is 13.5 Å². The van der Waals surface area contributed by atoms with Gasteiger partial charge in [-0.3, -0.25) is 9.48 Å². The van der Waals surface area contributed by atoms with E-state index in [0.717, 1.165) is 17.6 Å². The molecule has 228 valence electrons. The lowest BCUT2D eigenvalue weighted by atomic mass is 10.00. The van der Waals surface area contributed by atoms with Crippen molar-refractivity contribution >= 4 is 12.1 Å². The molecule has 1 saturated heterocycles. The summed E-state index contributed by atoms with van der Waals surface area (Å²) in [5, 5.41) is 4.21. The smallest absolute Gasteiger partial charge is 0.203 e. The van der Waals surface area contributed by atoms with Crippen molar-refractivity contribution in [2.75, 3.05) is 27.2 Å². The number of methoxy groups -OCH3 is 1. The number of halogens is 2. The van der Waals surface area contributed by atoms with Crippen LogP contribution in [-0.2, 0) is 11.2 Å². The molecule has 42 heavy (non-hydrogen) atoms. The van der Waals surface area contributed by atoms with Crippen LogP contribution in [0.2, 0.25) is 0 Å². The molecule has 0 saturated carbocycles. The Labute approximate surface area is 249 Å².